The van der Waals surface area contributed by atoms with Gasteiger partial charge in [0.25, 0.3) is 5.91 Å². The lowest BCUT2D eigenvalue weighted by molar-refractivity contribution is -0.274. The average molecular weight is 438 g/mol. The summed E-state index contributed by atoms with van der Waals surface area (Å²) in [5.41, 5.74) is 0.817. The maximum atomic E-state index is 12.9. The number of imidazole rings is 1. The van der Waals surface area contributed by atoms with Crippen LogP contribution in [0.1, 0.15) is 41.7 Å². The van der Waals surface area contributed by atoms with Crippen LogP contribution in [0.3, 0.4) is 0 Å². The molecule has 1 aromatic heterocycles. The van der Waals surface area contributed by atoms with Gasteiger partial charge in [-0.05, 0) is 44.4 Å². The van der Waals surface area contributed by atoms with Crippen molar-refractivity contribution in [1.29, 1.82) is 0 Å². The van der Waals surface area contributed by atoms with E-state index in [1.54, 1.807) is 25.0 Å². The molecule has 1 N–H and O–H groups in total. The number of hydrogen-bond acceptors (Lipinski definition) is 4. The number of ether oxygens (including phenoxy) is 1. The molecule has 31 heavy (non-hydrogen) atoms. The van der Waals surface area contributed by atoms with Crippen LogP contribution in [0.15, 0.2) is 30.6 Å². The summed E-state index contributed by atoms with van der Waals surface area (Å²) in [6.45, 7) is 1.81. The molecule has 3 rings (SSSR count). The van der Waals surface area contributed by atoms with Crippen molar-refractivity contribution < 1.29 is 27.5 Å². The van der Waals surface area contributed by atoms with Gasteiger partial charge in [0.2, 0.25) is 5.91 Å². The Balaban J connectivity index is 1.66. The number of hydrogen-bond donors (Lipinski definition) is 1. The Kier molecular flexibility index (Phi) is 6.56. The number of aromatic nitrogens is 2. The van der Waals surface area contributed by atoms with Gasteiger partial charge in [0.1, 0.15) is 11.6 Å². The van der Waals surface area contributed by atoms with Crippen molar-refractivity contribution >= 4 is 17.6 Å². The van der Waals surface area contributed by atoms with E-state index >= 15 is 0 Å². The van der Waals surface area contributed by atoms with Crippen molar-refractivity contribution in [2.24, 2.45) is 13.0 Å². The van der Waals surface area contributed by atoms with E-state index < -0.39 is 18.0 Å². The van der Waals surface area contributed by atoms with Gasteiger partial charge in [0.15, 0.2) is 0 Å². The summed E-state index contributed by atoms with van der Waals surface area (Å²) >= 11 is 0. The molecule has 0 aliphatic heterocycles. The fraction of sp³-hybridized carbons (Fsp3) is 0.476. The van der Waals surface area contributed by atoms with Gasteiger partial charge in [0, 0.05) is 31.6 Å². The van der Waals surface area contributed by atoms with Gasteiger partial charge in [-0.25, -0.2) is 4.98 Å². The zero-order valence-corrected chi connectivity index (χ0v) is 17.6. The van der Waals surface area contributed by atoms with Gasteiger partial charge >= 0.3 is 6.36 Å². The van der Waals surface area contributed by atoms with Crippen molar-refractivity contribution in [3.63, 3.8) is 0 Å². The SMILES string of the molecule is Cc1ncn(C)c1NC(=O)C1CCCC(N(C)C(=O)c2cccc(OC(F)(F)F)c2)C1. The normalized spacial score (nSPS) is 19.0. The monoisotopic (exact) mass is 438 g/mol. The van der Waals surface area contributed by atoms with E-state index in [0.29, 0.717) is 18.7 Å². The average Bonchev–Trinajstić information content (AvgIpc) is 3.03. The Morgan fingerprint density at radius 1 is 1.29 bits per heavy atom. The van der Waals surface area contributed by atoms with Crippen LogP contribution in [0.25, 0.3) is 0 Å². The number of nitrogens with zero attached hydrogens (tertiary/aromatic N) is 3. The first-order valence-electron chi connectivity index (χ1n) is 9.97. The minimum atomic E-state index is -4.83. The minimum Gasteiger partial charge on any atom is -0.406 e. The lowest BCUT2D eigenvalue weighted by atomic mass is 9.84. The van der Waals surface area contributed by atoms with Crippen molar-refractivity contribution in [2.75, 3.05) is 12.4 Å². The summed E-state index contributed by atoms with van der Waals surface area (Å²) in [5.74, 6) is -0.626. The molecule has 1 aromatic carbocycles. The number of nitrogens with one attached hydrogen (secondary N) is 1. The summed E-state index contributed by atoms with van der Waals surface area (Å²) < 4.78 is 43.0. The maximum absolute atomic E-state index is 12.9. The number of carbonyl (C=O) groups is 2. The van der Waals surface area contributed by atoms with Crippen LogP contribution in [0, 0.1) is 12.8 Å². The summed E-state index contributed by atoms with van der Waals surface area (Å²) in [4.78, 5) is 31.3. The summed E-state index contributed by atoms with van der Waals surface area (Å²) in [6, 6.07) is 4.81. The van der Waals surface area contributed by atoms with Crippen LogP contribution in [-0.4, -0.2) is 45.7 Å². The fourth-order valence-corrected chi connectivity index (χ4v) is 3.89. The number of aryl methyl sites for hydroxylation is 2. The van der Waals surface area contributed by atoms with Crippen LogP contribution < -0.4 is 10.1 Å². The second-order valence-corrected chi connectivity index (χ2v) is 7.79. The number of anilines is 1. The first kappa shape index (κ1) is 22.6. The lowest BCUT2D eigenvalue weighted by Crippen LogP contribution is -2.42. The molecular formula is C21H25F3N4O3. The van der Waals surface area contributed by atoms with Crippen molar-refractivity contribution in [3.05, 3.63) is 41.9 Å². The number of halogens is 3. The predicted octanol–water partition coefficient (Wildman–Crippen LogP) is 3.90. The van der Waals surface area contributed by atoms with Crippen molar-refractivity contribution in [3.8, 4) is 5.75 Å². The molecule has 2 aromatic rings. The molecule has 2 unspecified atom stereocenters. The number of amides is 2. The van der Waals surface area contributed by atoms with Gasteiger partial charge < -0.3 is 19.5 Å². The Morgan fingerprint density at radius 3 is 2.68 bits per heavy atom. The zero-order valence-electron chi connectivity index (χ0n) is 17.6. The number of carbonyl (C=O) groups excluding carboxylic acids is 2. The molecule has 1 heterocycles. The van der Waals surface area contributed by atoms with Crippen LogP contribution in [-0.2, 0) is 11.8 Å². The number of alkyl halides is 3. The molecule has 7 nitrogen and oxygen atoms in total. The highest BCUT2D eigenvalue weighted by Crippen LogP contribution is 2.30. The Labute approximate surface area is 178 Å². The highest BCUT2D eigenvalue weighted by molar-refractivity contribution is 5.95. The first-order valence-corrected chi connectivity index (χ1v) is 9.97. The van der Waals surface area contributed by atoms with E-state index in [1.165, 1.54) is 17.0 Å². The largest absolute Gasteiger partial charge is 0.573 e. The van der Waals surface area contributed by atoms with Crippen molar-refractivity contribution in [1.82, 2.24) is 14.5 Å². The van der Waals surface area contributed by atoms with E-state index in [9.17, 15) is 22.8 Å². The fourth-order valence-electron chi connectivity index (χ4n) is 3.89. The van der Waals surface area contributed by atoms with Crippen LogP contribution in [0.2, 0.25) is 0 Å². The summed E-state index contributed by atoms with van der Waals surface area (Å²) in [6.07, 6.45) is -0.543. The molecule has 1 aliphatic rings. The molecule has 10 heteroatoms. The third-order valence-electron chi connectivity index (χ3n) is 5.56. The molecule has 2 atom stereocenters. The molecular weight excluding hydrogens is 413 g/mol. The van der Waals surface area contributed by atoms with Crippen LogP contribution >= 0.6 is 0 Å². The molecule has 1 saturated carbocycles. The molecule has 0 saturated heterocycles. The topological polar surface area (TPSA) is 76.5 Å². The van der Waals surface area contributed by atoms with E-state index in [4.69, 9.17) is 0 Å². The zero-order chi connectivity index (χ0) is 22.8. The number of benzene rings is 1. The highest BCUT2D eigenvalue weighted by Gasteiger charge is 2.33. The lowest BCUT2D eigenvalue weighted by Gasteiger charge is -2.35. The van der Waals surface area contributed by atoms with E-state index in [-0.39, 0.29) is 23.4 Å². The first-order chi connectivity index (χ1) is 14.5. The second-order valence-electron chi connectivity index (χ2n) is 7.79. The van der Waals surface area contributed by atoms with E-state index in [0.717, 1.165) is 30.7 Å². The Bertz CT molecular complexity index is 938. The summed E-state index contributed by atoms with van der Waals surface area (Å²) in [5, 5.41) is 2.91. The molecule has 2 amide bonds. The smallest absolute Gasteiger partial charge is 0.406 e. The summed E-state index contributed by atoms with van der Waals surface area (Å²) in [7, 11) is 3.40. The molecule has 0 bridgehead atoms. The van der Waals surface area contributed by atoms with Gasteiger partial charge in [-0.3, -0.25) is 9.59 Å². The maximum Gasteiger partial charge on any atom is 0.573 e. The molecule has 1 aliphatic carbocycles. The second kappa shape index (κ2) is 8.99. The molecule has 0 radical (unpaired) electrons. The van der Waals surface area contributed by atoms with Crippen molar-refractivity contribution in [2.45, 2.75) is 45.0 Å². The standard InChI is InChI=1S/C21H25F3N4O3/c1-13-18(27(2)12-25-13)26-19(29)14-6-4-8-16(10-14)28(3)20(30)15-7-5-9-17(11-15)31-21(22,23)24/h5,7,9,11-12,14,16H,4,6,8,10H2,1-3H3,(H,26,29). The van der Waals surface area contributed by atoms with E-state index in [1.807, 2.05) is 6.92 Å². The van der Waals surface area contributed by atoms with Gasteiger partial charge in [0.05, 0.1) is 12.0 Å². The number of rotatable bonds is 5. The van der Waals surface area contributed by atoms with Gasteiger partial charge in [-0.15, -0.1) is 13.2 Å². The van der Waals surface area contributed by atoms with Crippen LogP contribution in [0.4, 0.5) is 19.0 Å². The highest BCUT2D eigenvalue weighted by atomic mass is 19.4. The van der Waals surface area contributed by atoms with Gasteiger partial charge in [-0.1, -0.05) is 12.5 Å². The molecule has 168 valence electrons. The third kappa shape index (κ3) is 5.56. The van der Waals surface area contributed by atoms with Gasteiger partial charge in [-0.2, -0.15) is 0 Å². The van der Waals surface area contributed by atoms with E-state index in [2.05, 4.69) is 15.0 Å². The Morgan fingerprint density at radius 2 is 2.03 bits per heavy atom. The Hall–Kier alpha value is -3.04. The quantitative estimate of drug-likeness (QED) is 0.768. The molecule has 1 fully saturated rings. The molecule has 0 spiro atoms. The predicted molar refractivity (Wildman–Crippen MR) is 108 cm³/mol. The minimum absolute atomic E-state index is 0.0985. The third-order valence-corrected chi connectivity index (χ3v) is 5.56. The van der Waals surface area contributed by atoms with Crippen LogP contribution in [0.5, 0.6) is 5.75 Å².